The molecule has 0 spiro atoms. The summed E-state index contributed by atoms with van der Waals surface area (Å²) in [5.74, 6) is 0.953. The van der Waals surface area contributed by atoms with Crippen LogP contribution < -0.4 is 10.6 Å². The SMILES string of the molecule is COC[C@H]1C[C@@H](c2nc3ccc4cc(-c5ccc6c(ccc7nc([C@@H]8C[C@H](C)CN8C(=O)[C@@H](NC(=O)O)C(C)C)[nH]c76)c5)ccc4c3[nH]2)N(C(=O)[C@H](NC(=O)OC)c2ccccc2)C1. The number of carbonyl (C=O) groups is 4. The van der Waals surface area contributed by atoms with Crippen molar-refractivity contribution in [3.63, 3.8) is 0 Å². The van der Waals surface area contributed by atoms with Crippen molar-refractivity contribution < 1.29 is 33.8 Å². The van der Waals surface area contributed by atoms with Gasteiger partial charge in [0.05, 0.1) is 47.9 Å². The van der Waals surface area contributed by atoms with Crippen molar-refractivity contribution in [2.75, 3.05) is 33.9 Å². The number of ether oxygens (including phenoxy) is 2. The quantitative estimate of drug-likeness (QED) is 0.0851. The Morgan fingerprint density at radius 3 is 1.88 bits per heavy atom. The van der Waals surface area contributed by atoms with Crippen LogP contribution in [0.2, 0.25) is 0 Å². The lowest BCUT2D eigenvalue weighted by molar-refractivity contribution is -0.136. The number of hydrogen-bond donors (Lipinski definition) is 5. The first-order chi connectivity index (χ1) is 30.9. The number of benzene rings is 5. The first-order valence-electron chi connectivity index (χ1n) is 21.7. The summed E-state index contributed by atoms with van der Waals surface area (Å²) in [6.45, 7) is 7.22. The van der Waals surface area contributed by atoms with Crippen molar-refractivity contribution in [1.82, 2.24) is 40.4 Å². The Hall–Kier alpha value is -7.00. The number of methoxy groups -OCH3 is 2. The molecule has 2 fully saturated rings. The molecule has 9 rings (SSSR count). The highest BCUT2D eigenvalue weighted by molar-refractivity contribution is 6.07. The van der Waals surface area contributed by atoms with E-state index >= 15 is 0 Å². The maximum Gasteiger partial charge on any atom is 0.407 e. The average molecular weight is 865 g/mol. The molecule has 4 amide bonds. The third-order valence-electron chi connectivity index (χ3n) is 12.9. The lowest BCUT2D eigenvalue weighted by Gasteiger charge is -2.29. The van der Waals surface area contributed by atoms with Crippen LogP contribution in [0.4, 0.5) is 9.59 Å². The smallest absolute Gasteiger partial charge is 0.407 e. The highest BCUT2D eigenvalue weighted by atomic mass is 16.5. The van der Waals surface area contributed by atoms with Gasteiger partial charge in [-0.05, 0) is 76.4 Å². The standard InChI is InChI=1S/C49H52N8O7/c1-26(2)40(54-48(60)61)46(58)56-23-27(3)19-38(56)44-50-36-17-13-32-21-30(11-15-34(32)42(36)52-44)31-12-16-35-33(22-31)14-18-37-43(35)53-45(51-37)39-20-28(25-63-4)24-57(39)47(59)41(55-49(62)64-5)29-9-7-6-8-10-29/h6-18,21-22,26-28,38-41,54H,19-20,23-25H2,1-5H3,(H,50,52)(H,51,53)(H,55,62)(H,60,61)/t27-,28-,38-,39-,40-,41+/m0/s1. The van der Waals surface area contributed by atoms with E-state index in [4.69, 9.17) is 19.4 Å². The second kappa shape index (κ2) is 17.3. The van der Waals surface area contributed by atoms with Crippen molar-refractivity contribution in [2.24, 2.45) is 17.8 Å². The van der Waals surface area contributed by atoms with Crippen LogP contribution in [0.5, 0.6) is 0 Å². The molecule has 5 N–H and O–H groups in total. The summed E-state index contributed by atoms with van der Waals surface area (Å²) < 4.78 is 10.4. The maximum atomic E-state index is 14.4. The summed E-state index contributed by atoms with van der Waals surface area (Å²) in [6.07, 6.45) is -0.554. The minimum atomic E-state index is -1.22. The predicted octanol–water partition coefficient (Wildman–Crippen LogP) is 8.25. The van der Waals surface area contributed by atoms with E-state index < -0.39 is 24.3 Å². The lowest BCUT2D eigenvalue weighted by atomic mass is 9.98. The van der Waals surface area contributed by atoms with Crippen LogP contribution in [0.1, 0.15) is 69.0 Å². The third-order valence-corrected chi connectivity index (χ3v) is 12.9. The number of imidazole rings is 2. The molecule has 2 aliphatic rings. The predicted molar refractivity (Wildman–Crippen MR) is 243 cm³/mol. The van der Waals surface area contributed by atoms with E-state index in [1.807, 2.05) is 56.3 Å². The van der Waals surface area contributed by atoms with Crippen LogP contribution in [0.15, 0.2) is 91.0 Å². The van der Waals surface area contributed by atoms with Crippen molar-refractivity contribution >= 4 is 67.6 Å². The first kappa shape index (κ1) is 42.3. The van der Waals surface area contributed by atoms with Crippen LogP contribution in [-0.2, 0) is 19.1 Å². The molecule has 330 valence electrons. The zero-order valence-corrected chi connectivity index (χ0v) is 36.4. The molecule has 6 atom stereocenters. The Balaban J connectivity index is 0.998. The second-order valence-corrected chi connectivity index (χ2v) is 17.6. The van der Waals surface area contributed by atoms with Gasteiger partial charge in [-0.2, -0.15) is 0 Å². The van der Waals surface area contributed by atoms with Gasteiger partial charge in [0.15, 0.2) is 0 Å². The molecule has 0 radical (unpaired) electrons. The summed E-state index contributed by atoms with van der Waals surface area (Å²) in [5.41, 5.74) is 6.09. The number of rotatable bonds is 11. The fourth-order valence-corrected chi connectivity index (χ4v) is 9.76. The van der Waals surface area contributed by atoms with Crippen LogP contribution in [0, 0.1) is 17.8 Å². The Morgan fingerprint density at radius 1 is 0.750 bits per heavy atom. The second-order valence-electron chi connectivity index (χ2n) is 17.6. The number of nitrogens with one attached hydrogen (secondary N) is 4. The number of nitrogens with zero attached hydrogens (tertiary/aromatic N) is 4. The van der Waals surface area contributed by atoms with E-state index in [0.29, 0.717) is 43.3 Å². The van der Waals surface area contributed by atoms with E-state index in [1.165, 1.54) is 7.11 Å². The molecule has 0 bridgehead atoms. The molecule has 15 nitrogen and oxygen atoms in total. The van der Waals surface area contributed by atoms with Crippen LogP contribution in [-0.4, -0.2) is 98.8 Å². The zero-order valence-electron chi connectivity index (χ0n) is 36.4. The van der Waals surface area contributed by atoms with Gasteiger partial charge in [0.1, 0.15) is 23.7 Å². The number of amides is 4. The van der Waals surface area contributed by atoms with Gasteiger partial charge >= 0.3 is 12.2 Å². The number of aromatic nitrogens is 4. The fourth-order valence-electron chi connectivity index (χ4n) is 9.76. The summed E-state index contributed by atoms with van der Waals surface area (Å²) in [5, 5.41) is 18.7. The zero-order chi connectivity index (χ0) is 44.8. The van der Waals surface area contributed by atoms with Gasteiger partial charge in [0.2, 0.25) is 5.91 Å². The number of carbonyl (C=O) groups excluding carboxylic acids is 3. The van der Waals surface area contributed by atoms with Gasteiger partial charge in [0.25, 0.3) is 5.91 Å². The molecule has 15 heteroatoms. The van der Waals surface area contributed by atoms with E-state index in [9.17, 15) is 24.3 Å². The van der Waals surface area contributed by atoms with Crippen molar-refractivity contribution in [1.29, 1.82) is 0 Å². The number of aromatic amines is 2. The van der Waals surface area contributed by atoms with Crippen molar-refractivity contribution in [3.8, 4) is 11.1 Å². The summed E-state index contributed by atoms with van der Waals surface area (Å²) in [4.78, 5) is 72.8. The summed E-state index contributed by atoms with van der Waals surface area (Å²) >= 11 is 0. The van der Waals surface area contributed by atoms with Gasteiger partial charge in [-0.25, -0.2) is 19.6 Å². The Bertz CT molecular complexity index is 2910. The van der Waals surface area contributed by atoms with Crippen molar-refractivity contribution in [3.05, 3.63) is 108 Å². The molecule has 4 heterocycles. The Labute approximate surface area is 369 Å². The van der Waals surface area contributed by atoms with E-state index in [1.54, 1.807) is 16.9 Å². The van der Waals surface area contributed by atoms with Gasteiger partial charge < -0.3 is 45.0 Å². The molecule has 7 aromatic rings. The Morgan fingerprint density at radius 2 is 1.33 bits per heavy atom. The molecule has 2 saturated heterocycles. The molecule has 64 heavy (non-hydrogen) atoms. The number of H-pyrrole nitrogens is 2. The Kier molecular flexibility index (Phi) is 11.4. The molecule has 0 aliphatic carbocycles. The molecular weight excluding hydrogens is 813 g/mol. The van der Waals surface area contributed by atoms with Gasteiger partial charge in [-0.15, -0.1) is 0 Å². The number of likely N-dealkylation sites (tertiary alicyclic amines) is 2. The van der Waals surface area contributed by atoms with Gasteiger partial charge in [-0.1, -0.05) is 87.5 Å². The largest absolute Gasteiger partial charge is 0.465 e. The molecule has 2 aromatic heterocycles. The van der Waals surface area contributed by atoms with Crippen LogP contribution >= 0.6 is 0 Å². The van der Waals surface area contributed by atoms with Crippen molar-refractivity contribution in [2.45, 2.75) is 57.8 Å². The van der Waals surface area contributed by atoms with Crippen LogP contribution in [0.3, 0.4) is 0 Å². The van der Waals surface area contributed by atoms with E-state index in [-0.39, 0.29) is 41.7 Å². The topological polar surface area (TPSA) is 195 Å². The molecule has 5 aromatic carbocycles. The molecule has 0 saturated carbocycles. The van der Waals surface area contributed by atoms with E-state index in [0.717, 1.165) is 61.2 Å². The number of alkyl carbamates (subject to hydrolysis) is 1. The number of carboxylic acid groups (broad SMARTS) is 1. The minimum Gasteiger partial charge on any atom is -0.465 e. The summed E-state index contributed by atoms with van der Waals surface area (Å²) in [6, 6.07) is 27.6. The van der Waals surface area contributed by atoms with Gasteiger partial charge in [0, 0.05) is 36.9 Å². The maximum absolute atomic E-state index is 14.4. The van der Waals surface area contributed by atoms with E-state index in [2.05, 4.69) is 76.1 Å². The number of fused-ring (bicyclic) bond motifs is 6. The molecule has 2 aliphatic heterocycles. The normalized spacial score (nSPS) is 19.8. The first-order valence-corrected chi connectivity index (χ1v) is 21.7. The highest BCUT2D eigenvalue weighted by Crippen LogP contribution is 2.40. The fraction of sp³-hybridized carbons (Fsp3) is 0.347. The van der Waals surface area contributed by atoms with Gasteiger partial charge in [-0.3, -0.25) is 9.59 Å². The highest BCUT2D eigenvalue weighted by Gasteiger charge is 2.42. The lowest BCUT2D eigenvalue weighted by Crippen LogP contribution is -2.50. The third kappa shape index (κ3) is 7.95. The monoisotopic (exact) mass is 864 g/mol. The molecular formula is C49H52N8O7. The summed E-state index contributed by atoms with van der Waals surface area (Å²) in [7, 11) is 2.93. The number of hydrogen-bond acceptors (Lipinski definition) is 8. The van der Waals surface area contributed by atoms with Crippen LogP contribution in [0.25, 0.3) is 54.7 Å². The molecule has 0 unspecified atom stereocenters. The average Bonchev–Trinajstić information content (AvgIpc) is 4.11. The minimum absolute atomic E-state index is 0.0684.